The lowest BCUT2D eigenvalue weighted by atomic mass is 9.90. The zero-order valence-electron chi connectivity index (χ0n) is 15.1. The molecule has 0 aliphatic heterocycles. The molecule has 3 nitrogen and oxygen atoms in total. The average molecular weight is 326 g/mol. The van der Waals surface area contributed by atoms with E-state index in [2.05, 4.69) is 12.2 Å². The van der Waals surface area contributed by atoms with E-state index in [0.717, 1.165) is 28.3 Å². The third-order valence-corrected chi connectivity index (χ3v) is 3.55. The number of hydrogen-bond donors (Lipinski definition) is 1. The van der Waals surface area contributed by atoms with Crippen molar-refractivity contribution in [2.45, 2.75) is 47.5 Å². The van der Waals surface area contributed by atoms with Gasteiger partial charge in [-0.05, 0) is 70.2 Å². The van der Waals surface area contributed by atoms with Crippen molar-refractivity contribution in [3.05, 3.63) is 63.8 Å². The molecule has 0 aromatic heterocycles. The van der Waals surface area contributed by atoms with Crippen molar-refractivity contribution >= 4 is 17.8 Å². The van der Waals surface area contributed by atoms with Gasteiger partial charge in [-0.25, -0.2) is 4.79 Å². The molecule has 0 heterocycles. The second-order valence-electron chi connectivity index (χ2n) is 6.41. The number of allylic oxidation sites excluding steroid dienone is 4. The number of carbonyl (C=O) groups is 2. The molecule has 0 aliphatic carbocycles. The first kappa shape index (κ1) is 19.6. The molecule has 0 fully saturated rings. The highest BCUT2D eigenvalue weighted by atomic mass is 16.4. The second kappa shape index (κ2) is 9.02. The van der Waals surface area contributed by atoms with Gasteiger partial charge in [0.05, 0.1) is 0 Å². The molecule has 0 saturated heterocycles. The Morgan fingerprint density at radius 3 is 1.71 bits per heavy atom. The monoisotopic (exact) mass is 326 g/mol. The van der Waals surface area contributed by atoms with Gasteiger partial charge >= 0.3 is 5.97 Å². The van der Waals surface area contributed by atoms with Crippen LogP contribution < -0.4 is 0 Å². The van der Waals surface area contributed by atoms with E-state index >= 15 is 0 Å². The van der Waals surface area contributed by atoms with Crippen LogP contribution in [0.15, 0.2) is 41.5 Å². The van der Waals surface area contributed by atoms with Gasteiger partial charge in [0.1, 0.15) is 0 Å². The maximum absolute atomic E-state index is 12.2. The first-order chi connectivity index (χ1) is 11.2. The summed E-state index contributed by atoms with van der Waals surface area (Å²) in [6.45, 7) is 9.66. The number of Topliss-reactive ketones (excluding diaryl/α,β-unsaturated/α-hetero) is 1. The molecule has 0 saturated carbocycles. The first-order valence-electron chi connectivity index (χ1n) is 8.05. The molecule has 0 aliphatic rings. The van der Waals surface area contributed by atoms with E-state index in [9.17, 15) is 9.59 Å². The van der Waals surface area contributed by atoms with Crippen molar-refractivity contribution in [2.75, 3.05) is 0 Å². The summed E-state index contributed by atoms with van der Waals surface area (Å²) < 4.78 is 0. The molecule has 0 spiro atoms. The predicted molar refractivity (Wildman–Crippen MR) is 99.4 cm³/mol. The molecule has 1 N–H and O–H groups in total. The molecule has 1 rings (SSSR count). The first-order valence-corrected chi connectivity index (χ1v) is 8.05. The van der Waals surface area contributed by atoms with Crippen molar-refractivity contribution in [3.8, 4) is 0 Å². The number of carboxylic acid groups (broad SMARTS) is 1. The fraction of sp³-hybridized carbons (Fsp3) is 0.333. The maximum atomic E-state index is 12.2. The number of rotatable bonds is 7. The van der Waals surface area contributed by atoms with Crippen molar-refractivity contribution in [1.29, 1.82) is 0 Å². The molecular formula is C21H26O3. The van der Waals surface area contributed by atoms with Crippen LogP contribution in [-0.2, 0) is 17.6 Å². The van der Waals surface area contributed by atoms with Gasteiger partial charge in [-0.3, -0.25) is 4.79 Å². The maximum Gasteiger partial charge on any atom is 0.328 e. The topological polar surface area (TPSA) is 54.4 Å². The van der Waals surface area contributed by atoms with Gasteiger partial charge in [-0.1, -0.05) is 35.4 Å². The van der Waals surface area contributed by atoms with Gasteiger partial charge in [0.15, 0.2) is 5.78 Å². The van der Waals surface area contributed by atoms with Crippen LogP contribution in [0.1, 0.15) is 61.7 Å². The van der Waals surface area contributed by atoms with Gasteiger partial charge in [-0.2, -0.15) is 0 Å². The van der Waals surface area contributed by atoms with Gasteiger partial charge in [-0.15, -0.1) is 0 Å². The van der Waals surface area contributed by atoms with Crippen LogP contribution in [-0.4, -0.2) is 16.9 Å². The highest BCUT2D eigenvalue weighted by Gasteiger charge is 2.13. The lowest BCUT2D eigenvalue weighted by molar-refractivity contribution is -0.131. The quantitative estimate of drug-likeness (QED) is 0.435. The van der Waals surface area contributed by atoms with Crippen LogP contribution in [0.25, 0.3) is 6.08 Å². The minimum atomic E-state index is -0.984. The summed E-state index contributed by atoms with van der Waals surface area (Å²) in [6.07, 6.45) is 8.18. The zero-order chi connectivity index (χ0) is 18.3. The lowest BCUT2D eigenvalue weighted by Crippen LogP contribution is -2.06. The fourth-order valence-corrected chi connectivity index (χ4v) is 2.46. The van der Waals surface area contributed by atoms with Crippen molar-refractivity contribution in [2.24, 2.45) is 0 Å². The molecule has 128 valence electrons. The Kier molecular flexibility index (Phi) is 7.37. The van der Waals surface area contributed by atoms with E-state index in [1.54, 1.807) is 13.0 Å². The van der Waals surface area contributed by atoms with E-state index in [-0.39, 0.29) is 5.78 Å². The number of aliphatic carboxylic acids is 1. The summed E-state index contributed by atoms with van der Waals surface area (Å²) in [6, 6.07) is 3.81. The van der Waals surface area contributed by atoms with Gasteiger partial charge in [0.2, 0.25) is 0 Å². The molecule has 0 unspecified atom stereocenters. The van der Waals surface area contributed by atoms with E-state index in [4.69, 9.17) is 5.11 Å². The Morgan fingerprint density at radius 1 is 0.917 bits per heavy atom. The largest absolute Gasteiger partial charge is 0.478 e. The number of benzene rings is 1. The van der Waals surface area contributed by atoms with Crippen LogP contribution >= 0.6 is 0 Å². The van der Waals surface area contributed by atoms with Gasteiger partial charge in [0, 0.05) is 11.6 Å². The highest BCUT2D eigenvalue weighted by molar-refractivity contribution is 5.97. The molecular weight excluding hydrogens is 300 g/mol. The second-order valence-corrected chi connectivity index (χ2v) is 6.41. The summed E-state index contributed by atoms with van der Waals surface area (Å²) in [4.78, 5) is 23.0. The van der Waals surface area contributed by atoms with Crippen molar-refractivity contribution in [1.82, 2.24) is 0 Å². The summed E-state index contributed by atoms with van der Waals surface area (Å²) in [5, 5.41) is 8.85. The minimum Gasteiger partial charge on any atom is -0.478 e. The number of carbonyl (C=O) groups excluding carboxylic acids is 1. The molecule has 24 heavy (non-hydrogen) atoms. The Morgan fingerprint density at radius 2 is 1.38 bits per heavy atom. The van der Waals surface area contributed by atoms with Gasteiger partial charge < -0.3 is 5.11 Å². The van der Waals surface area contributed by atoms with E-state index in [0.29, 0.717) is 12.8 Å². The Bertz CT molecular complexity index is 670. The molecule has 1 aromatic carbocycles. The molecule has 0 radical (unpaired) electrons. The van der Waals surface area contributed by atoms with E-state index in [1.807, 2.05) is 39.8 Å². The molecule has 0 atom stereocenters. The van der Waals surface area contributed by atoms with Crippen LogP contribution in [0.3, 0.4) is 0 Å². The van der Waals surface area contributed by atoms with E-state index in [1.165, 1.54) is 11.1 Å². The van der Waals surface area contributed by atoms with Crippen LogP contribution in [0.4, 0.5) is 0 Å². The van der Waals surface area contributed by atoms with Crippen LogP contribution in [0, 0.1) is 0 Å². The Hall–Kier alpha value is -2.42. The normalized spacial score (nSPS) is 10.5. The summed E-state index contributed by atoms with van der Waals surface area (Å²) in [7, 11) is 0. The minimum absolute atomic E-state index is 0.0399. The third-order valence-electron chi connectivity index (χ3n) is 3.55. The number of ketones is 1. The summed E-state index contributed by atoms with van der Waals surface area (Å²) in [5.74, 6) is -0.944. The summed E-state index contributed by atoms with van der Waals surface area (Å²) >= 11 is 0. The number of hydrogen-bond acceptors (Lipinski definition) is 2. The molecule has 1 aromatic rings. The number of carboxylic acids is 1. The van der Waals surface area contributed by atoms with Crippen LogP contribution in [0.5, 0.6) is 0 Å². The zero-order valence-corrected chi connectivity index (χ0v) is 15.1. The van der Waals surface area contributed by atoms with Gasteiger partial charge in [0.25, 0.3) is 0 Å². The predicted octanol–water partition coefficient (Wildman–Crippen LogP) is 5.00. The standard InChI is InChI=1S/C21H26O3/c1-14(2)6-9-18-12-17(8-11-20(23)24)13-19(10-7-15(3)4)21(18)16(5)22/h6-8,11-13H,9-10H2,1-5H3,(H,23,24). The Labute approximate surface area is 144 Å². The smallest absolute Gasteiger partial charge is 0.328 e. The van der Waals surface area contributed by atoms with Crippen LogP contribution in [0.2, 0.25) is 0 Å². The lowest BCUT2D eigenvalue weighted by Gasteiger charge is -2.13. The SMILES string of the molecule is CC(=O)c1c(CC=C(C)C)cc(C=CC(=O)O)cc1CC=C(C)C. The Balaban J connectivity index is 3.50. The fourth-order valence-electron chi connectivity index (χ4n) is 2.46. The molecule has 3 heteroatoms. The van der Waals surface area contributed by atoms with E-state index < -0.39 is 5.97 Å². The molecule has 0 bridgehead atoms. The van der Waals surface area contributed by atoms with Crippen molar-refractivity contribution < 1.29 is 14.7 Å². The van der Waals surface area contributed by atoms with Crippen molar-refractivity contribution in [3.63, 3.8) is 0 Å². The average Bonchev–Trinajstić information content (AvgIpc) is 2.47. The molecule has 0 amide bonds. The summed E-state index contributed by atoms with van der Waals surface area (Å²) in [5.41, 5.74) is 5.79. The highest BCUT2D eigenvalue weighted by Crippen LogP contribution is 2.22. The third kappa shape index (κ3) is 6.37.